The van der Waals surface area contributed by atoms with Crippen molar-refractivity contribution in [3.05, 3.63) is 22.3 Å². The molecular formula is C12H16BrN3. The van der Waals surface area contributed by atoms with Gasteiger partial charge in [0.05, 0.1) is 11.2 Å². The average Bonchev–Trinajstić information content (AvgIpc) is 3.01. The standard InChI is InChI=1S/C12H16BrN3/c1-8-10(13)4-5-11(15-8)16-6-12(14,7-16)9-2-3-9/h4-5,9H,2-3,6-7,14H2,1H3. The first kappa shape index (κ1) is 10.5. The third kappa shape index (κ3) is 1.64. The zero-order chi connectivity index (χ0) is 11.3. The molecule has 3 rings (SSSR count). The zero-order valence-corrected chi connectivity index (χ0v) is 11.0. The van der Waals surface area contributed by atoms with Gasteiger partial charge in [-0.25, -0.2) is 4.98 Å². The van der Waals surface area contributed by atoms with Gasteiger partial charge in [0.1, 0.15) is 5.82 Å². The van der Waals surface area contributed by atoms with Crippen LogP contribution in [0.2, 0.25) is 0 Å². The Bertz CT molecular complexity index is 422. The van der Waals surface area contributed by atoms with E-state index < -0.39 is 0 Å². The summed E-state index contributed by atoms with van der Waals surface area (Å²) in [6, 6.07) is 4.12. The molecule has 1 saturated heterocycles. The number of aromatic nitrogens is 1. The molecule has 0 spiro atoms. The highest BCUT2D eigenvalue weighted by Crippen LogP contribution is 2.43. The van der Waals surface area contributed by atoms with Gasteiger partial charge in [0.25, 0.3) is 0 Å². The average molecular weight is 282 g/mol. The van der Waals surface area contributed by atoms with Crippen molar-refractivity contribution >= 4 is 21.7 Å². The fraction of sp³-hybridized carbons (Fsp3) is 0.583. The Hall–Kier alpha value is -0.610. The second kappa shape index (κ2) is 3.44. The maximum atomic E-state index is 6.33. The normalized spacial score (nSPS) is 23.1. The molecular weight excluding hydrogens is 266 g/mol. The van der Waals surface area contributed by atoms with Crippen molar-refractivity contribution in [2.75, 3.05) is 18.0 Å². The first-order chi connectivity index (χ1) is 7.58. The molecule has 0 aromatic carbocycles. The molecule has 4 heteroatoms. The fourth-order valence-electron chi connectivity index (χ4n) is 2.45. The maximum absolute atomic E-state index is 6.33. The van der Waals surface area contributed by atoms with Crippen molar-refractivity contribution in [3.8, 4) is 0 Å². The SMILES string of the molecule is Cc1nc(N2CC(N)(C3CC3)C2)ccc1Br. The highest BCUT2D eigenvalue weighted by Gasteiger charge is 2.50. The molecule has 0 unspecified atom stereocenters. The van der Waals surface area contributed by atoms with Gasteiger partial charge in [0, 0.05) is 17.6 Å². The molecule has 0 bridgehead atoms. The van der Waals surface area contributed by atoms with Gasteiger partial charge in [-0.05, 0) is 53.7 Å². The lowest BCUT2D eigenvalue weighted by atomic mass is 9.86. The minimum atomic E-state index is 0.0721. The van der Waals surface area contributed by atoms with E-state index in [1.807, 2.05) is 6.92 Å². The van der Waals surface area contributed by atoms with Crippen molar-refractivity contribution in [2.45, 2.75) is 25.3 Å². The predicted octanol–water partition coefficient (Wildman–Crippen LogP) is 2.08. The molecule has 0 radical (unpaired) electrons. The van der Waals surface area contributed by atoms with Gasteiger partial charge < -0.3 is 10.6 Å². The van der Waals surface area contributed by atoms with E-state index in [-0.39, 0.29) is 5.54 Å². The summed E-state index contributed by atoms with van der Waals surface area (Å²) < 4.78 is 1.07. The lowest BCUT2D eigenvalue weighted by Crippen LogP contribution is -2.69. The quantitative estimate of drug-likeness (QED) is 0.903. The largest absolute Gasteiger partial charge is 0.353 e. The molecule has 0 amide bonds. The van der Waals surface area contributed by atoms with E-state index in [1.54, 1.807) is 0 Å². The van der Waals surface area contributed by atoms with Gasteiger partial charge in [-0.2, -0.15) is 0 Å². The molecule has 2 N–H and O–H groups in total. The minimum absolute atomic E-state index is 0.0721. The van der Waals surface area contributed by atoms with Gasteiger partial charge in [0.15, 0.2) is 0 Å². The fourth-order valence-corrected chi connectivity index (χ4v) is 2.67. The van der Waals surface area contributed by atoms with E-state index >= 15 is 0 Å². The van der Waals surface area contributed by atoms with Crippen LogP contribution in [0.5, 0.6) is 0 Å². The van der Waals surface area contributed by atoms with Gasteiger partial charge in [0.2, 0.25) is 0 Å². The van der Waals surface area contributed by atoms with Crippen molar-refractivity contribution in [3.63, 3.8) is 0 Å². The van der Waals surface area contributed by atoms with Gasteiger partial charge in [-0.1, -0.05) is 0 Å². The molecule has 86 valence electrons. The Balaban J connectivity index is 1.73. The predicted molar refractivity (Wildman–Crippen MR) is 68.5 cm³/mol. The summed E-state index contributed by atoms with van der Waals surface area (Å²) in [4.78, 5) is 6.84. The van der Waals surface area contributed by atoms with Gasteiger partial charge >= 0.3 is 0 Å². The van der Waals surface area contributed by atoms with E-state index in [0.717, 1.165) is 35.0 Å². The monoisotopic (exact) mass is 281 g/mol. The topological polar surface area (TPSA) is 42.2 Å². The summed E-state index contributed by atoms with van der Waals surface area (Å²) in [5, 5.41) is 0. The van der Waals surface area contributed by atoms with Crippen LogP contribution >= 0.6 is 15.9 Å². The third-order valence-electron chi connectivity index (χ3n) is 3.69. The highest BCUT2D eigenvalue weighted by atomic mass is 79.9. The van der Waals surface area contributed by atoms with Crippen LogP contribution in [-0.4, -0.2) is 23.6 Å². The Kier molecular flexibility index (Phi) is 2.27. The zero-order valence-electron chi connectivity index (χ0n) is 9.41. The van der Waals surface area contributed by atoms with Gasteiger partial charge in [-0.15, -0.1) is 0 Å². The van der Waals surface area contributed by atoms with Crippen LogP contribution in [0.15, 0.2) is 16.6 Å². The molecule has 1 aliphatic carbocycles. The summed E-state index contributed by atoms with van der Waals surface area (Å²) >= 11 is 3.47. The minimum Gasteiger partial charge on any atom is -0.353 e. The number of nitrogens with two attached hydrogens (primary N) is 1. The summed E-state index contributed by atoms with van der Waals surface area (Å²) in [5.74, 6) is 1.82. The van der Waals surface area contributed by atoms with Crippen LogP contribution < -0.4 is 10.6 Å². The molecule has 16 heavy (non-hydrogen) atoms. The summed E-state index contributed by atoms with van der Waals surface area (Å²) in [5.41, 5.74) is 7.44. The first-order valence-electron chi connectivity index (χ1n) is 5.75. The van der Waals surface area contributed by atoms with Crippen molar-refractivity contribution in [1.82, 2.24) is 4.98 Å². The van der Waals surface area contributed by atoms with Crippen LogP contribution in [0.1, 0.15) is 18.5 Å². The highest BCUT2D eigenvalue weighted by molar-refractivity contribution is 9.10. The van der Waals surface area contributed by atoms with Crippen LogP contribution in [-0.2, 0) is 0 Å². The summed E-state index contributed by atoms with van der Waals surface area (Å²) in [7, 11) is 0. The Morgan fingerprint density at radius 2 is 2.12 bits per heavy atom. The molecule has 1 saturated carbocycles. The van der Waals surface area contributed by atoms with Crippen molar-refractivity contribution < 1.29 is 0 Å². The lowest BCUT2D eigenvalue weighted by molar-refractivity contribution is 0.289. The maximum Gasteiger partial charge on any atom is 0.129 e. The molecule has 2 fully saturated rings. The van der Waals surface area contributed by atoms with E-state index in [2.05, 4.69) is 37.9 Å². The molecule has 1 aliphatic heterocycles. The number of hydrogen-bond donors (Lipinski definition) is 1. The van der Waals surface area contributed by atoms with Crippen LogP contribution in [0.25, 0.3) is 0 Å². The Labute approximate surface area is 104 Å². The van der Waals surface area contributed by atoms with Crippen molar-refractivity contribution in [1.29, 1.82) is 0 Å². The number of hydrogen-bond acceptors (Lipinski definition) is 3. The Morgan fingerprint density at radius 1 is 1.44 bits per heavy atom. The smallest absolute Gasteiger partial charge is 0.129 e. The van der Waals surface area contributed by atoms with E-state index in [9.17, 15) is 0 Å². The molecule has 1 aromatic heterocycles. The molecule has 1 aromatic rings. The number of nitrogens with zero attached hydrogens (tertiary/aromatic N) is 2. The van der Waals surface area contributed by atoms with Crippen LogP contribution in [0.4, 0.5) is 5.82 Å². The summed E-state index contributed by atoms with van der Waals surface area (Å²) in [6.07, 6.45) is 2.63. The van der Waals surface area contributed by atoms with E-state index in [4.69, 9.17) is 5.73 Å². The van der Waals surface area contributed by atoms with Crippen molar-refractivity contribution in [2.24, 2.45) is 11.7 Å². The van der Waals surface area contributed by atoms with Crippen LogP contribution in [0, 0.1) is 12.8 Å². The summed E-state index contributed by atoms with van der Waals surface area (Å²) in [6.45, 7) is 3.95. The van der Waals surface area contributed by atoms with E-state index in [0.29, 0.717) is 0 Å². The lowest BCUT2D eigenvalue weighted by Gasteiger charge is -2.49. The van der Waals surface area contributed by atoms with Crippen LogP contribution in [0.3, 0.4) is 0 Å². The van der Waals surface area contributed by atoms with E-state index in [1.165, 1.54) is 12.8 Å². The molecule has 2 aliphatic rings. The number of pyridine rings is 1. The molecule has 2 heterocycles. The number of aryl methyl sites for hydroxylation is 1. The number of rotatable bonds is 2. The first-order valence-corrected chi connectivity index (χ1v) is 6.55. The second-order valence-corrected chi connectivity index (χ2v) is 5.95. The van der Waals surface area contributed by atoms with Gasteiger partial charge in [-0.3, -0.25) is 0 Å². The molecule has 3 nitrogen and oxygen atoms in total. The third-order valence-corrected chi connectivity index (χ3v) is 4.53. The number of anilines is 1. The second-order valence-electron chi connectivity index (χ2n) is 5.10. The number of halogens is 1. The Morgan fingerprint density at radius 3 is 2.69 bits per heavy atom. The molecule has 0 atom stereocenters.